The van der Waals surface area contributed by atoms with E-state index in [2.05, 4.69) is 18.9 Å². The average molecular weight is 213 g/mol. The summed E-state index contributed by atoms with van der Waals surface area (Å²) in [5.74, 6) is 0.689. The summed E-state index contributed by atoms with van der Waals surface area (Å²) in [6.07, 6.45) is 2.66. The van der Waals surface area contributed by atoms with E-state index < -0.39 is 0 Å². The molecule has 3 heteroatoms. The zero-order chi connectivity index (χ0) is 5.98. The molecule has 0 N–H and O–H groups in total. The fourth-order valence-corrected chi connectivity index (χ4v) is 1.27. The average Bonchev–Trinajstić information content (AvgIpc) is 1.64. The zero-order valence-electron chi connectivity index (χ0n) is 6.65. The quantitative estimate of drug-likeness (QED) is 0.427. The van der Waals surface area contributed by atoms with Gasteiger partial charge in [-0.15, -0.1) is 0 Å². The van der Waals surface area contributed by atoms with Crippen molar-refractivity contribution < 1.29 is 31.9 Å². The molecule has 0 aliphatic carbocycles. The molecular formula is C7H14ClNZn-. The smallest absolute Gasteiger partial charge is 0.000662 e. The SMILES string of the molecule is [CH2]C1CCCN(C)C1.[Cl-].[Zn]. The number of likely N-dealkylation sites (tertiary alicyclic amines) is 1. The Morgan fingerprint density at radius 1 is 1.50 bits per heavy atom. The van der Waals surface area contributed by atoms with Crippen LogP contribution in [-0.2, 0) is 19.5 Å². The van der Waals surface area contributed by atoms with Gasteiger partial charge in [-0.25, -0.2) is 0 Å². The molecule has 0 aromatic rings. The Morgan fingerprint density at radius 3 is 2.40 bits per heavy atom. The van der Waals surface area contributed by atoms with E-state index in [-0.39, 0.29) is 31.9 Å². The molecule has 1 radical (unpaired) electrons. The molecule has 1 aliphatic heterocycles. The van der Waals surface area contributed by atoms with E-state index in [0.717, 1.165) is 0 Å². The van der Waals surface area contributed by atoms with Crippen LogP contribution in [0.25, 0.3) is 0 Å². The van der Waals surface area contributed by atoms with Gasteiger partial charge < -0.3 is 17.3 Å². The first-order valence-electron chi connectivity index (χ1n) is 3.30. The molecule has 0 spiro atoms. The largest absolute Gasteiger partial charge is 1.00 e. The van der Waals surface area contributed by atoms with Crippen molar-refractivity contribution >= 4 is 0 Å². The summed E-state index contributed by atoms with van der Waals surface area (Å²) in [4.78, 5) is 2.35. The molecule has 0 aromatic heterocycles. The van der Waals surface area contributed by atoms with E-state index in [9.17, 15) is 0 Å². The summed E-state index contributed by atoms with van der Waals surface area (Å²) >= 11 is 0. The topological polar surface area (TPSA) is 3.24 Å². The van der Waals surface area contributed by atoms with E-state index >= 15 is 0 Å². The molecule has 1 atom stereocenters. The Morgan fingerprint density at radius 2 is 2.10 bits per heavy atom. The van der Waals surface area contributed by atoms with Crippen LogP contribution in [0.15, 0.2) is 0 Å². The van der Waals surface area contributed by atoms with Crippen LogP contribution in [0.1, 0.15) is 12.8 Å². The standard InChI is InChI=1S/C7H14N.ClH.Zn/c1-7-4-3-5-8(2)6-7;;/h7H,1,3-6H2,2H3;1H;/p-1. The molecule has 0 amide bonds. The van der Waals surface area contributed by atoms with E-state index in [4.69, 9.17) is 0 Å². The number of halogens is 1. The van der Waals surface area contributed by atoms with Gasteiger partial charge in [0.15, 0.2) is 0 Å². The maximum atomic E-state index is 4.01. The minimum Gasteiger partial charge on any atom is -1.00 e. The van der Waals surface area contributed by atoms with Crippen LogP contribution in [0.2, 0.25) is 0 Å². The summed E-state index contributed by atoms with van der Waals surface area (Å²) in [5, 5.41) is 0. The first kappa shape index (κ1) is 13.5. The maximum absolute atomic E-state index is 4.01. The van der Waals surface area contributed by atoms with Crippen LogP contribution in [0.3, 0.4) is 0 Å². The Labute approximate surface area is 82.7 Å². The zero-order valence-corrected chi connectivity index (χ0v) is 10.4. The van der Waals surface area contributed by atoms with Gasteiger partial charge in [-0.05, 0) is 39.3 Å². The minimum absolute atomic E-state index is 0. The molecule has 1 unspecified atom stereocenters. The van der Waals surface area contributed by atoms with Crippen LogP contribution in [0.5, 0.6) is 0 Å². The normalized spacial score (nSPS) is 26.4. The third-order valence-electron chi connectivity index (χ3n) is 1.72. The van der Waals surface area contributed by atoms with Crippen molar-refractivity contribution in [3.05, 3.63) is 6.92 Å². The molecular weight excluding hydrogens is 199 g/mol. The fourth-order valence-electron chi connectivity index (χ4n) is 1.27. The van der Waals surface area contributed by atoms with Crippen molar-refractivity contribution in [3.8, 4) is 0 Å². The Kier molecular flexibility index (Phi) is 8.85. The van der Waals surface area contributed by atoms with Crippen molar-refractivity contribution in [3.63, 3.8) is 0 Å². The first-order chi connectivity index (χ1) is 3.79. The van der Waals surface area contributed by atoms with Crippen LogP contribution < -0.4 is 12.4 Å². The summed E-state index contributed by atoms with van der Waals surface area (Å²) in [6, 6.07) is 0. The molecule has 1 nitrogen and oxygen atoms in total. The van der Waals surface area contributed by atoms with Gasteiger partial charge in [-0.1, -0.05) is 0 Å². The van der Waals surface area contributed by atoms with Gasteiger partial charge in [-0.3, -0.25) is 0 Å². The van der Waals surface area contributed by atoms with Crippen LogP contribution in [0, 0.1) is 12.8 Å². The minimum atomic E-state index is 0. The second-order valence-electron chi connectivity index (χ2n) is 2.77. The number of hydrogen-bond acceptors (Lipinski definition) is 1. The van der Waals surface area contributed by atoms with Gasteiger partial charge in [0.25, 0.3) is 0 Å². The molecule has 1 saturated heterocycles. The predicted octanol–water partition coefficient (Wildman–Crippen LogP) is -1.84. The molecule has 1 fully saturated rings. The van der Waals surface area contributed by atoms with Gasteiger partial charge in [0.05, 0.1) is 0 Å². The summed E-state index contributed by atoms with van der Waals surface area (Å²) in [6.45, 7) is 6.47. The van der Waals surface area contributed by atoms with Gasteiger partial charge in [0, 0.05) is 26.0 Å². The molecule has 10 heavy (non-hydrogen) atoms. The number of rotatable bonds is 0. The van der Waals surface area contributed by atoms with Crippen molar-refractivity contribution in [2.75, 3.05) is 20.1 Å². The van der Waals surface area contributed by atoms with E-state index in [1.54, 1.807) is 0 Å². The van der Waals surface area contributed by atoms with Gasteiger partial charge in [0.2, 0.25) is 0 Å². The number of hydrogen-bond donors (Lipinski definition) is 0. The van der Waals surface area contributed by atoms with E-state index in [1.807, 2.05) is 0 Å². The monoisotopic (exact) mass is 211 g/mol. The Hall–Kier alpha value is 0.873. The molecule has 0 bridgehead atoms. The van der Waals surface area contributed by atoms with Crippen molar-refractivity contribution in [2.24, 2.45) is 5.92 Å². The first-order valence-corrected chi connectivity index (χ1v) is 3.30. The third-order valence-corrected chi connectivity index (χ3v) is 1.72. The molecule has 1 rings (SSSR count). The van der Waals surface area contributed by atoms with Crippen LogP contribution in [0.4, 0.5) is 0 Å². The molecule has 0 aromatic carbocycles. The summed E-state index contributed by atoms with van der Waals surface area (Å²) < 4.78 is 0. The molecule has 57 valence electrons. The number of piperidine rings is 1. The number of nitrogens with zero attached hydrogens (tertiary/aromatic N) is 1. The van der Waals surface area contributed by atoms with Gasteiger partial charge in [-0.2, -0.15) is 0 Å². The molecule has 0 saturated carbocycles. The second-order valence-corrected chi connectivity index (χ2v) is 2.77. The Balaban J connectivity index is 0. The predicted molar refractivity (Wildman–Crippen MR) is 35.6 cm³/mol. The van der Waals surface area contributed by atoms with Crippen molar-refractivity contribution in [1.82, 2.24) is 4.90 Å². The van der Waals surface area contributed by atoms with Crippen molar-refractivity contribution in [1.29, 1.82) is 0 Å². The van der Waals surface area contributed by atoms with E-state index in [0.29, 0.717) is 5.92 Å². The Bertz CT molecular complexity index is 72.0. The molecule has 1 heterocycles. The summed E-state index contributed by atoms with van der Waals surface area (Å²) in [5.41, 5.74) is 0. The van der Waals surface area contributed by atoms with E-state index in [1.165, 1.54) is 25.9 Å². The van der Waals surface area contributed by atoms with Crippen molar-refractivity contribution in [2.45, 2.75) is 12.8 Å². The van der Waals surface area contributed by atoms with Crippen LogP contribution in [-0.4, -0.2) is 25.0 Å². The second kappa shape index (κ2) is 6.58. The maximum Gasteiger partial charge on any atom is 0.000662 e. The third kappa shape index (κ3) is 4.65. The van der Waals surface area contributed by atoms with Gasteiger partial charge >= 0.3 is 0 Å². The van der Waals surface area contributed by atoms with Gasteiger partial charge in [0.1, 0.15) is 0 Å². The van der Waals surface area contributed by atoms with Crippen LogP contribution >= 0.6 is 0 Å². The summed E-state index contributed by atoms with van der Waals surface area (Å²) in [7, 11) is 2.16. The molecule has 1 aliphatic rings. The fraction of sp³-hybridized carbons (Fsp3) is 0.857.